The molecular formula is C8H16N2OS. The number of nitrogens with two attached hydrogens (primary N) is 1. The maximum Gasteiger partial charge on any atom is 0.166 e. The molecule has 1 saturated carbocycles. The van der Waals surface area contributed by atoms with Crippen molar-refractivity contribution in [3.63, 3.8) is 0 Å². The molecule has 0 aromatic carbocycles. The highest BCUT2D eigenvalue weighted by Gasteiger charge is 2.20. The normalized spacial score (nSPS) is 16.1. The van der Waals surface area contributed by atoms with E-state index in [2.05, 4.69) is 0 Å². The van der Waals surface area contributed by atoms with Crippen molar-refractivity contribution in [2.75, 3.05) is 26.8 Å². The number of ether oxygens (including phenoxy) is 1. The molecule has 0 spiro atoms. The van der Waals surface area contributed by atoms with Crippen LogP contribution >= 0.6 is 12.2 Å². The van der Waals surface area contributed by atoms with Crippen LogP contribution in [0.3, 0.4) is 0 Å². The Hall–Kier alpha value is -0.350. The largest absolute Gasteiger partial charge is 0.379 e. The Bertz CT molecular complexity index is 159. The predicted octanol–water partition coefficient (Wildman–Crippen LogP) is 0.588. The van der Waals surface area contributed by atoms with Gasteiger partial charge in [0, 0.05) is 20.2 Å². The molecule has 0 unspecified atom stereocenters. The first kappa shape index (κ1) is 9.74. The summed E-state index contributed by atoms with van der Waals surface area (Å²) in [4.78, 5) is 1.82. The van der Waals surface area contributed by atoms with Gasteiger partial charge in [0.15, 0.2) is 5.11 Å². The van der Waals surface area contributed by atoms with E-state index in [1.54, 1.807) is 0 Å². The highest BCUT2D eigenvalue weighted by molar-refractivity contribution is 7.80. The van der Waals surface area contributed by atoms with Crippen LogP contribution in [0.4, 0.5) is 0 Å². The molecular weight excluding hydrogens is 172 g/mol. The van der Waals surface area contributed by atoms with Crippen molar-refractivity contribution in [2.45, 2.75) is 12.8 Å². The zero-order valence-corrected chi connectivity index (χ0v) is 8.27. The number of thiocarbonyl (C=S) groups is 1. The summed E-state index contributed by atoms with van der Waals surface area (Å²) in [5, 5.41) is 0.435. The first-order valence-corrected chi connectivity index (χ1v) is 4.69. The van der Waals surface area contributed by atoms with E-state index < -0.39 is 0 Å². The molecule has 2 N–H and O–H groups in total. The van der Waals surface area contributed by atoms with Crippen LogP contribution in [0, 0.1) is 5.92 Å². The highest BCUT2D eigenvalue weighted by Crippen LogP contribution is 2.28. The monoisotopic (exact) mass is 188 g/mol. The second kappa shape index (κ2) is 4.62. The Balaban J connectivity index is 1.89. The topological polar surface area (TPSA) is 38.5 Å². The van der Waals surface area contributed by atoms with Gasteiger partial charge in [0.2, 0.25) is 0 Å². The third kappa shape index (κ3) is 3.88. The summed E-state index contributed by atoms with van der Waals surface area (Å²) < 4.78 is 5.42. The fraction of sp³-hybridized carbons (Fsp3) is 0.875. The van der Waals surface area contributed by atoms with Crippen LogP contribution in [-0.4, -0.2) is 36.8 Å². The predicted molar refractivity (Wildman–Crippen MR) is 53.0 cm³/mol. The number of hydrogen-bond acceptors (Lipinski definition) is 2. The highest BCUT2D eigenvalue weighted by atomic mass is 32.1. The maximum atomic E-state index is 5.42. The third-order valence-electron chi connectivity index (χ3n) is 2.00. The van der Waals surface area contributed by atoms with Crippen molar-refractivity contribution < 1.29 is 4.74 Å². The van der Waals surface area contributed by atoms with Gasteiger partial charge in [0.25, 0.3) is 0 Å². The maximum absolute atomic E-state index is 5.42. The van der Waals surface area contributed by atoms with Crippen molar-refractivity contribution >= 4 is 17.3 Å². The van der Waals surface area contributed by atoms with Gasteiger partial charge in [0.1, 0.15) is 0 Å². The zero-order valence-electron chi connectivity index (χ0n) is 7.45. The van der Waals surface area contributed by atoms with Gasteiger partial charge in [-0.15, -0.1) is 0 Å². The van der Waals surface area contributed by atoms with Crippen LogP contribution < -0.4 is 5.73 Å². The quantitative estimate of drug-likeness (QED) is 0.506. The molecule has 0 bridgehead atoms. The Morgan fingerprint density at radius 1 is 1.67 bits per heavy atom. The van der Waals surface area contributed by atoms with Gasteiger partial charge in [-0.2, -0.15) is 0 Å². The van der Waals surface area contributed by atoms with Crippen molar-refractivity contribution in [1.29, 1.82) is 0 Å². The molecule has 0 aromatic heterocycles. The second-order valence-corrected chi connectivity index (χ2v) is 3.70. The molecule has 0 saturated heterocycles. The van der Waals surface area contributed by atoms with E-state index in [0.29, 0.717) is 5.11 Å². The van der Waals surface area contributed by atoms with E-state index in [4.69, 9.17) is 22.7 Å². The van der Waals surface area contributed by atoms with Crippen molar-refractivity contribution in [3.8, 4) is 0 Å². The van der Waals surface area contributed by atoms with Crippen LogP contribution in [0.15, 0.2) is 0 Å². The van der Waals surface area contributed by atoms with E-state index in [1.165, 1.54) is 12.8 Å². The molecule has 1 rings (SSSR count). The smallest absolute Gasteiger partial charge is 0.166 e. The minimum absolute atomic E-state index is 0.435. The summed E-state index contributed by atoms with van der Waals surface area (Å²) in [5.41, 5.74) is 5.39. The molecule has 3 nitrogen and oxygen atoms in total. The van der Waals surface area contributed by atoms with Gasteiger partial charge in [-0.05, 0) is 31.0 Å². The van der Waals surface area contributed by atoms with Gasteiger partial charge >= 0.3 is 0 Å². The molecule has 4 heteroatoms. The van der Waals surface area contributed by atoms with Crippen LogP contribution in [0.25, 0.3) is 0 Å². The second-order valence-electron chi connectivity index (χ2n) is 3.28. The summed E-state index contributed by atoms with van der Waals surface area (Å²) in [7, 11) is 1.88. The molecule has 70 valence electrons. The van der Waals surface area contributed by atoms with Crippen LogP contribution in [-0.2, 0) is 4.74 Å². The van der Waals surface area contributed by atoms with E-state index >= 15 is 0 Å². The average Bonchev–Trinajstić information content (AvgIpc) is 2.80. The summed E-state index contributed by atoms with van der Waals surface area (Å²) in [6.45, 7) is 2.43. The average molecular weight is 188 g/mol. The molecule has 0 radical (unpaired) electrons. The first-order chi connectivity index (χ1) is 5.70. The van der Waals surface area contributed by atoms with Gasteiger partial charge in [-0.25, -0.2) is 0 Å². The van der Waals surface area contributed by atoms with Crippen molar-refractivity contribution in [2.24, 2.45) is 11.7 Å². The minimum Gasteiger partial charge on any atom is -0.379 e. The van der Waals surface area contributed by atoms with E-state index in [-0.39, 0.29) is 0 Å². The summed E-state index contributed by atoms with van der Waals surface area (Å²) in [6, 6.07) is 0. The lowest BCUT2D eigenvalue weighted by Crippen LogP contribution is -2.34. The summed E-state index contributed by atoms with van der Waals surface area (Å²) in [6.07, 6.45) is 2.68. The molecule has 0 aliphatic heterocycles. The van der Waals surface area contributed by atoms with Gasteiger partial charge in [0.05, 0.1) is 6.61 Å². The SMILES string of the molecule is CN(CCOCC1CC1)C(N)=S. The summed E-state index contributed by atoms with van der Waals surface area (Å²) in [5.74, 6) is 0.833. The lowest BCUT2D eigenvalue weighted by molar-refractivity contribution is 0.116. The molecule has 0 aromatic rings. The van der Waals surface area contributed by atoms with Gasteiger partial charge < -0.3 is 15.4 Å². The molecule has 1 fully saturated rings. The lowest BCUT2D eigenvalue weighted by Gasteiger charge is -2.16. The van der Waals surface area contributed by atoms with Crippen molar-refractivity contribution in [1.82, 2.24) is 4.90 Å². The molecule has 1 aliphatic rings. The van der Waals surface area contributed by atoms with E-state index in [9.17, 15) is 0 Å². The van der Waals surface area contributed by atoms with Crippen LogP contribution in [0.5, 0.6) is 0 Å². The number of likely N-dealkylation sites (N-methyl/N-ethyl adjacent to an activating group) is 1. The van der Waals surface area contributed by atoms with Crippen molar-refractivity contribution in [3.05, 3.63) is 0 Å². The molecule has 12 heavy (non-hydrogen) atoms. The Morgan fingerprint density at radius 3 is 2.83 bits per heavy atom. The van der Waals surface area contributed by atoms with Crippen LogP contribution in [0.1, 0.15) is 12.8 Å². The number of rotatable bonds is 5. The van der Waals surface area contributed by atoms with Crippen LogP contribution in [0.2, 0.25) is 0 Å². The Kier molecular flexibility index (Phi) is 3.75. The fourth-order valence-electron chi connectivity index (χ4n) is 0.846. The third-order valence-corrected chi connectivity index (χ3v) is 2.31. The summed E-state index contributed by atoms with van der Waals surface area (Å²) >= 11 is 4.78. The minimum atomic E-state index is 0.435. The Morgan fingerprint density at radius 2 is 2.33 bits per heavy atom. The Labute approximate surface area is 78.9 Å². The first-order valence-electron chi connectivity index (χ1n) is 4.28. The van der Waals surface area contributed by atoms with E-state index in [0.717, 1.165) is 25.7 Å². The fourth-order valence-corrected chi connectivity index (χ4v) is 0.937. The molecule has 0 atom stereocenters. The number of hydrogen-bond donors (Lipinski definition) is 1. The van der Waals surface area contributed by atoms with Gasteiger partial charge in [-0.3, -0.25) is 0 Å². The van der Waals surface area contributed by atoms with E-state index in [1.807, 2.05) is 11.9 Å². The number of nitrogens with zero attached hydrogens (tertiary/aromatic N) is 1. The molecule has 0 amide bonds. The standard InChI is InChI=1S/C8H16N2OS/c1-10(8(9)12)4-5-11-6-7-2-3-7/h7H,2-6H2,1H3,(H2,9,12). The lowest BCUT2D eigenvalue weighted by atomic mass is 10.5. The molecule has 1 aliphatic carbocycles. The van der Waals surface area contributed by atoms with Gasteiger partial charge in [-0.1, -0.05) is 0 Å². The molecule has 0 heterocycles. The zero-order chi connectivity index (χ0) is 8.97.